The molecule has 0 saturated heterocycles. The van der Waals surface area contributed by atoms with Crippen molar-refractivity contribution in [1.82, 2.24) is 4.90 Å². The van der Waals surface area contributed by atoms with Gasteiger partial charge in [0.25, 0.3) is 0 Å². The maximum Gasteiger partial charge on any atom is 0.127 e. The molecule has 2 aromatic rings. The van der Waals surface area contributed by atoms with Gasteiger partial charge < -0.3 is 14.3 Å². The normalized spacial score (nSPS) is 13.0. The van der Waals surface area contributed by atoms with Gasteiger partial charge in [-0.05, 0) is 32.0 Å². The van der Waals surface area contributed by atoms with E-state index in [2.05, 4.69) is 0 Å². The van der Waals surface area contributed by atoms with Crippen molar-refractivity contribution in [2.24, 2.45) is 0 Å². The van der Waals surface area contributed by atoms with Crippen LogP contribution in [-0.4, -0.2) is 35.4 Å². The summed E-state index contributed by atoms with van der Waals surface area (Å²) in [6.45, 7) is 5.37. The molecule has 0 unspecified atom stereocenters. The minimum absolute atomic E-state index is 0.0646. The number of rotatable bonds is 9. The van der Waals surface area contributed by atoms with E-state index >= 15 is 0 Å². The van der Waals surface area contributed by atoms with Crippen LogP contribution in [0.25, 0.3) is 0 Å². The first-order chi connectivity index (χ1) is 11.0. The Labute approximate surface area is 136 Å². The first-order valence-corrected chi connectivity index (χ1v) is 7.82. The van der Waals surface area contributed by atoms with Crippen molar-refractivity contribution >= 4 is 0 Å². The molecular formula is C18H24FNO3. The molecule has 0 fully saturated rings. The van der Waals surface area contributed by atoms with Gasteiger partial charge in [0.15, 0.2) is 0 Å². The fourth-order valence-corrected chi connectivity index (χ4v) is 2.33. The summed E-state index contributed by atoms with van der Waals surface area (Å²) in [6, 6.07) is 10.4. The Kier molecular flexibility index (Phi) is 6.77. The zero-order valence-corrected chi connectivity index (χ0v) is 13.6. The van der Waals surface area contributed by atoms with Crippen molar-refractivity contribution < 1.29 is 18.7 Å². The van der Waals surface area contributed by atoms with Crippen LogP contribution in [0.5, 0.6) is 0 Å². The SMILES string of the molecule is CC(C)OC[C@@H](O)CN(Cc1ccco1)Cc1ccccc1F. The van der Waals surface area contributed by atoms with Gasteiger partial charge in [-0.3, -0.25) is 4.90 Å². The van der Waals surface area contributed by atoms with E-state index in [4.69, 9.17) is 9.15 Å². The number of aliphatic hydroxyl groups is 1. The van der Waals surface area contributed by atoms with Crippen molar-refractivity contribution in [3.05, 3.63) is 59.8 Å². The van der Waals surface area contributed by atoms with Gasteiger partial charge in [0.1, 0.15) is 11.6 Å². The topological polar surface area (TPSA) is 45.8 Å². The molecule has 1 heterocycles. The van der Waals surface area contributed by atoms with E-state index in [-0.39, 0.29) is 18.5 Å². The van der Waals surface area contributed by atoms with Crippen LogP contribution < -0.4 is 0 Å². The summed E-state index contributed by atoms with van der Waals surface area (Å²) in [5.74, 6) is 0.531. The van der Waals surface area contributed by atoms with Crippen LogP contribution in [0.4, 0.5) is 4.39 Å². The van der Waals surface area contributed by atoms with Crippen LogP contribution in [0.1, 0.15) is 25.2 Å². The van der Waals surface area contributed by atoms with Gasteiger partial charge in [-0.15, -0.1) is 0 Å². The average molecular weight is 321 g/mol. The Balaban J connectivity index is 2.01. The molecule has 23 heavy (non-hydrogen) atoms. The highest BCUT2D eigenvalue weighted by atomic mass is 19.1. The van der Waals surface area contributed by atoms with Gasteiger partial charge in [0, 0.05) is 18.7 Å². The van der Waals surface area contributed by atoms with Crippen molar-refractivity contribution in [2.75, 3.05) is 13.2 Å². The Hall–Kier alpha value is -1.69. The Morgan fingerprint density at radius 1 is 1.17 bits per heavy atom. The quantitative estimate of drug-likeness (QED) is 0.770. The molecule has 126 valence electrons. The number of halogens is 1. The third-order valence-corrected chi connectivity index (χ3v) is 3.40. The molecule has 0 radical (unpaired) electrons. The van der Waals surface area contributed by atoms with E-state index in [0.29, 0.717) is 25.2 Å². The second-order valence-corrected chi connectivity index (χ2v) is 5.88. The highest BCUT2D eigenvalue weighted by Crippen LogP contribution is 2.14. The third kappa shape index (κ3) is 6.14. The first-order valence-electron chi connectivity index (χ1n) is 7.82. The fraction of sp³-hybridized carbons (Fsp3) is 0.444. The molecule has 0 spiro atoms. The number of hydrogen-bond donors (Lipinski definition) is 1. The van der Waals surface area contributed by atoms with Crippen LogP contribution in [0.3, 0.4) is 0 Å². The van der Waals surface area contributed by atoms with E-state index in [1.165, 1.54) is 6.07 Å². The van der Waals surface area contributed by atoms with E-state index in [0.717, 1.165) is 5.76 Å². The molecule has 5 heteroatoms. The molecule has 1 N–H and O–H groups in total. The number of ether oxygens (including phenoxy) is 1. The molecule has 0 aliphatic rings. The number of hydrogen-bond acceptors (Lipinski definition) is 4. The summed E-state index contributed by atoms with van der Waals surface area (Å²) in [7, 11) is 0. The van der Waals surface area contributed by atoms with Crippen LogP contribution in [-0.2, 0) is 17.8 Å². The van der Waals surface area contributed by atoms with E-state index in [9.17, 15) is 9.50 Å². The van der Waals surface area contributed by atoms with Gasteiger partial charge in [-0.2, -0.15) is 0 Å². The highest BCUT2D eigenvalue weighted by Gasteiger charge is 2.16. The molecule has 1 atom stereocenters. The first kappa shape index (κ1) is 17.7. The number of nitrogens with zero attached hydrogens (tertiary/aromatic N) is 1. The lowest BCUT2D eigenvalue weighted by molar-refractivity contribution is -0.0115. The minimum atomic E-state index is -0.640. The zero-order chi connectivity index (χ0) is 16.7. The number of aliphatic hydroxyl groups excluding tert-OH is 1. The second kappa shape index (κ2) is 8.82. The standard InChI is InChI=1S/C18H24FNO3/c1-14(2)23-13-16(21)11-20(12-17-7-5-9-22-17)10-15-6-3-4-8-18(15)19/h3-9,14,16,21H,10-13H2,1-2H3/t16-/m0/s1. The second-order valence-electron chi connectivity index (χ2n) is 5.88. The van der Waals surface area contributed by atoms with Gasteiger partial charge >= 0.3 is 0 Å². The monoisotopic (exact) mass is 321 g/mol. The van der Waals surface area contributed by atoms with Gasteiger partial charge in [-0.25, -0.2) is 4.39 Å². The van der Waals surface area contributed by atoms with Crippen molar-refractivity contribution in [3.8, 4) is 0 Å². The Morgan fingerprint density at radius 3 is 2.61 bits per heavy atom. The molecule has 4 nitrogen and oxygen atoms in total. The highest BCUT2D eigenvalue weighted by molar-refractivity contribution is 5.17. The maximum atomic E-state index is 13.9. The number of furan rings is 1. The molecule has 0 bridgehead atoms. The Bertz CT molecular complexity index is 571. The number of benzene rings is 1. The smallest absolute Gasteiger partial charge is 0.127 e. The van der Waals surface area contributed by atoms with E-state index in [1.54, 1.807) is 18.4 Å². The van der Waals surface area contributed by atoms with Gasteiger partial charge in [-0.1, -0.05) is 18.2 Å². The van der Waals surface area contributed by atoms with E-state index in [1.807, 2.05) is 36.9 Å². The van der Waals surface area contributed by atoms with Crippen LogP contribution >= 0.6 is 0 Å². The summed E-state index contributed by atoms with van der Waals surface area (Å²) in [6.07, 6.45) is 1.03. The molecule has 1 aromatic heterocycles. The summed E-state index contributed by atoms with van der Waals surface area (Å²) in [4.78, 5) is 1.95. The molecular weight excluding hydrogens is 297 g/mol. The molecule has 2 rings (SSSR count). The molecule has 0 aliphatic carbocycles. The van der Waals surface area contributed by atoms with Crippen LogP contribution in [0.15, 0.2) is 47.1 Å². The average Bonchev–Trinajstić information content (AvgIpc) is 3.00. The molecule has 1 aromatic carbocycles. The summed E-state index contributed by atoms with van der Waals surface area (Å²) < 4.78 is 24.7. The molecule has 0 amide bonds. The van der Waals surface area contributed by atoms with Crippen LogP contribution in [0.2, 0.25) is 0 Å². The third-order valence-electron chi connectivity index (χ3n) is 3.40. The molecule has 0 aliphatic heterocycles. The van der Waals surface area contributed by atoms with Gasteiger partial charge in [0.05, 0.1) is 31.6 Å². The predicted octanol–water partition coefficient (Wildman–Crippen LogP) is 3.21. The minimum Gasteiger partial charge on any atom is -0.468 e. The summed E-state index contributed by atoms with van der Waals surface area (Å²) in [5.41, 5.74) is 0.594. The van der Waals surface area contributed by atoms with Crippen molar-refractivity contribution in [2.45, 2.75) is 39.1 Å². The van der Waals surface area contributed by atoms with E-state index < -0.39 is 6.10 Å². The maximum absolute atomic E-state index is 13.9. The largest absolute Gasteiger partial charge is 0.468 e. The zero-order valence-electron chi connectivity index (χ0n) is 13.6. The van der Waals surface area contributed by atoms with Crippen molar-refractivity contribution in [1.29, 1.82) is 0 Å². The lowest BCUT2D eigenvalue weighted by Crippen LogP contribution is -2.35. The fourth-order valence-electron chi connectivity index (χ4n) is 2.33. The van der Waals surface area contributed by atoms with Crippen LogP contribution in [0, 0.1) is 5.82 Å². The van der Waals surface area contributed by atoms with Crippen molar-refractivity contribution in [3.63, 3.8) is 0 Å². The summed E-state index contributed by atoms with van der Waals surface area (Å²) in [5, 5.41) is 10.2. The predicted molar refractivity (Wildman–Crippen MR) is 86.3 cm³/mol. The molecule has 0 saturated carbocycles. The Morgan fingerprint density at radius 2 is 1.96 bits per heavy atom. The summed E-state index contributed by atoms with van der Waals surface area (Å²) >= 11 is 0. The lowest BCUT2D eigenvalue weighted by atomic mass is 10.2. The lowest BCUT2D eigenvalue weighted by Gasteiger charge is -2.25. The van der Waals surface area contributed by atoms with Gasteiger partial charge in [0.2, 0.25) is 0 Å².